The standard InChI is InChI=1S/C35H49N3O6/c1-11-15-34(6,7)16-17-36-32(41)37-29(33(3,4)5)30(39)38-22-35(44-10,21-27(38)31(40)43-9)26-14-13-24-20-28(42-8)23(12-2)18-25(24)19-26/h11-14,18-20,27,29H,1-2,15-17,21-22H2,3-10H3,(H2,36,37,41)/t27-,29+,35-/m0/s1. The Morgan fingerprint density at radius 3 is 2.34 bits per heavy atom. The second kappa shape index (κ2) is 13.8. The number of fused-ring (bicyclic) bond motifs is 1. The van der Waals surface area contributed by atoms with Gasteiger partial charge in [-0.1, -0.05) is 65.5 Å². The summed E-state index contributed by atoms with van der Waals surface area (Å²) in [5.41, 5.74) is 0.0121. The van der Waals surface area contributed by atoms with Gasteiger partial charge in [-0.25, -0.2) is 9.59 Å². The fourth-order valence-electron chi connectivity index (χ4n) is 5.84. The van der Waals surface area contributed by atoms with Crippen molar-refractivity contribution >= 4 is 34.8 Å². The summed E-state index contributed by atoms with van der Waals surface area (Å²) in [6.45, 7) is 18.1. The lowest BCUT2D eigenvalue weighted by Gasteiger charge is -2.35. The zero-order valence-electron chi connectivity index (χ0n) is 27.5. The van der Waals surface area contributed by atoms with E-state index in [1.54, 1.807) is 20.3 Å². The second-order valence-electron chi connectivity index (χ2n) is 13.4. The van der Waals surface area contributed by atoms with Gasteiger partial charge in [0.2, 0.25) is 5.91 Å². The molecule has 0 unspecified atom stereocenters. The molecule has 1 aliphatic rings. The Labute approximate surface area is 262 Å². The number of carbonyl (C=O) groups excluding carboxylic acids is 3. The summed E-state index contributed by atoms with van der Waals surface area (Å²) in [5, 5.41) is 7.68. The molecule has 9 nitrogen and oxygen atoms in total. The molecule has 1 saturated heterocycles. The molecule has 2 N–H and O–H groups in total. The van der Waals surface area contributed by atoms with E-state index in [-0.39, 0.29) is 24.3 Å². The molecule has 9 heteroatoms. The molecule has 0 spiro atoms. The van der Waals surface area contributed by atoms with Crippen LogP contribution >= 0.6 is 0 Å². The first-order chi connectivity index (χ1) is 20.6. The molecule has 0 saturated carbocycles. The number of benzene rings is 2. The van der Waals surface area contributed by atoms with Crippen molar-refractivity contribution in [2.24, 2.45) is 10.8 Å². The summed E-state index contributed by atoms with van der Waals surface area (Å²) in [6, 6.07) is 7.60. The van der Waals surface area contributed by atoms with Gasteiger partial charge in [0.1, 0.15) is 23.4 Å². The number of rotatable bonds is 12. The topological polar surface area (TPSA) is 106 Å². The highest BCUT2D eigenvalue weighted by atomic mass is 16.5. The van der Waals surface area contributed by atoms with Crippen LogP contribution in [-0.4, -0.2) is 69.3 Å². The maximum Gasteiger partial charge on any atom is 0.328 e. The quantitative estimate of drug-likeness (QED) is 0.233. The van der Waals surface area contributed by atoms with Crippen LogP contribution in [0.2, 0.25) is 0 Å². The predicted octanol–water partition coefficient (Wildman–Crippen LogP) is 5.81. The van der Waals surface area contributed by atoms with Crippen molar-refractivity contribution in [3.63, 3.8) is 0 Å². The number of likely N-dealkylation sites (tertiary alicyclic amines) is 1. The van der Waals surface area contributed by atoms with Crippen LogP contribution in [0.15, 0.2) is 49.6 Å². The first-order valence-corrected chi connectivity index (χ1v) is 15.0. The first kappa shape index (κ1) is 34.6. The summed E-state index contributed by atoms with van der Waals surface area (Å²) >= 11 is 0. The number of nitrogens with zero attached hydrogens (tertiary/aromatic N) is 1. The van der Waals surface area contributed by atoms with Crippen LogP contribution < -0.4 is 15.4 Å². The minimum absolute atomic E-state index is 0.0108. The number of hydrogen-bond acceptors (Lipinski definition) is 6. The summed E-state index contributed by atoms with van der Waals surface area (Å²) < 4.78 is 16.8. The second-order valence-corrected chi connectivity index (χ2v) is 13.4. The average molecular weight is 608 g/mol. The van der Waals surface area contributed by atoms with E-state index < -0.39 is 35.1 Å². The number of ether oxygens (including phenoxy) is 3. The van der Waals surface area contributed by atoms with Gasteiger partial charge in [0, 0.05) is 25.6 Å². The first-order valence-electron chi connectivity index (χ1n) is 15.0. The van der Waals surface area contributed by atoms with Crippen molar-refractivity contribution in [2.75, 3.05) is 34.4 Å². The van der Waals surface area contributed by atoms with E-state index in [9.17, 15) is 14.4 Å². The third-order valence-electron chi connectivity index (χ3n) is 8.58. The normalized spacial score (nSPS) is 19.3. The number of allylic oxidation sites excluding steroid dienone is 1. The van der Waals surface area contributed by atoms with Crippen LogP contribution in [-0.2, 0) is 24.7 Å². The van der Waals surface area contributed by atoms with E-state index in [1.165, 1.54) is 12.0 Å². The highest BCUT2D eigenvalue weighted by Crippen LogP contribution is 2.42. The Bertz CT molecular complexity index is 1390. The van der Waals surface area contributed by atoms with Crippen molar-refractivity contribution in [1.82, 2.24) is 15.5 Å². The van der Waals surface area contributed by atoms with E-state index in [4.69, 9.17) is 14.2 Å². The third kappa shape index (κ3) is 7.62. The SMILES string of the molecule is C=CCC(C)(C)CCNC(=O)N[C@H](C(=O)N1C[C@](OC)(c2ccc3cc(OC)c(C=C)cc3c2)C[C@H]1C(=O)OC)C(C)(C)C. The van der Waals surface area contributed by atoms with Crippen molar-refractivity contribution in [3.8, 4) is 5.75 Å². The van der Waals surface area contributed by atoms with Crippen LogP contribution in [0, 0.1) is 10.8 Å². The Hall–Kier alpha value is -3.85. The van der Waals surface area contributed by atoms with Crippen LogP contribution in [0.3, 0.4) is 0 Å². The molecular formula is C35H49N3O6. The largest absolute Gasteiger partial charge is 0.496 e. The maximum absolute atomic E-state index is 14.3. The molecule has 240 valence electrons. The van der Waals surface area contributed by atoms with E-state index in [0.29, 0.717) is 6.54 Å². The predicted molar refractivity (Wildman–Crippen MR) is 174 cm³/mol. The summed E-state index contributed by atoms with van der Waals surface area (Å²) in [6.07, 6.45) is 5.37. The molecule has 1 heterocycles. The van der Waals surface area contributed by atoms with Crippen molar-refractivity contribution in [2.45, 2.75) is 71.6 Å². The number of amides is 3. The highest BCUT2D eigenvalue weighted by Gasteiger charge is 2.53. The van der Waals surface area contributed by atoms with Gasteiger partial charge in [-0.2, -0.15) is 0 Å². The van der Waals surface area contributed by atoms with Crippen LogP contribution in [0.25, 0.3) is 16.8 Å². The summed E-state index contributed by atoms with van der Waals surface area (Å²) in [7, 11) is 4.50. The van der Waals surface area contributed by atoms with Gasteiger partial charge in [-0.3, -0.25) is 4.79 Å². The molecule has 2 aromatic rings. The number of esters is 1. The van der Waals surface area contributed by atoms with Gasteiger partial charge in [0.15, 0.2) is 0 Å². The highest BCUT2D eigenvalue weighted by molar-refractivity contribution is 5.92. The van der Waals surface area contributed by atoms with Gasteiger partial charge in [-0.05, 0) is 58.2 Å². The fraction of sp³-hybridized carbons (Fsp3) is 0.514. The van der Waals surface area contributed by atoms with Gasteiger partial charge in [0.05, 0.1) is 20.8 Å². The minimum Gasteiger partial charge on any atom is -0.496 e. The number of hydrogen-bond donors (Lipinski definition) is 2. The molecule has 0 aromatic heterocycles. The molecule has 1 fully saturated rings. The van der Waals surface area contributed by atoms with Gasteiger partial charge in [-0.15, -0.1) is 6.58 Å². The molecule has 0 aliphatic carbocycles. The number of urea groups is 1. The monoisotopic (exact) mass is 607 g/mol. The smallest absolute Gasteiger partial charge is 0.328 e. The number of carbonyl (C=O) groups is 3. The van der Waals surface area contributed by atoms with Crippen LogP contribution in [0.5, 0.6) is 5.75 Å². The van der Waals surface area contributed by atoms with Crippen LogP contribution in [0.1, 0.15) is 65.0 Å². The van der Waals surface area contributed by atoms with Crippen molar-refractivity contribution < 1.29 is 28.6 Å². The fourth-order valence-corrected chi connectivity index (χ4v) is 5.84. The van der Waals surface area contributed by atoms with E-state index >= 15 is 0 Å². The molecule has 0 radical (unpaired) electrons. The van der Waals surface area contributed by atoms with Crippen molar-refractivity contribution in [3.05, 3.63) is 60.7 Å². The molecule has 3 rings (SSSR count). The molecular weight excluding hydrogens is 558 g/mol. The molecule has 44 heavy (non-hydrogen) atoms. The zero-order valence-corrected chi connectivity index (χ0v) is 27.5. The van der Waals surface area contributed by atoms with E-state index in [0.717, 1.165) is 40.5 Å². The lowest BCUT2D eigenvalue weighted by atomic mass is 9.85. The zero-order chi connectivity index (χ0) is 32.9. The minimum atomic E-state index is -0.988. The number of methoxy groups -OCH3 is 3. The van der Waals surface area contributed by atoms with Gasteiger partial charge in [0.25, 0.3) is 0 Å². The van der Waals surface area contributed by atoms with E-state index in [2.05, 4.69) is 37.6 Å². The Balaban J connectivity index is 1.93. The lowest BCUT2D eigenvalue weighted by Crippen LogP contribution is -2.58. The molecule has 1 aliphatic heterocycles. The Morgan fingerprint density at radius 2 is 1.77 bits per heavy atom. The Kier molecular flexibility index (Phi) is 10.9. The van der Waals surface area contributed by atoms with Gasteiger partial charge >= 0.3 is 12.0 Å². The molecule has 0 bridgehead atoms. The van der Waals surface area contributed by atoms with E-state index in [1.807, 2.05) is 57.2 Å². The molecule has 3 amide bonds. The lowest BCUT2D eigenvalue weighted by molar-refractivity contribution is -0.152. The van der Waals surface area contributed by atoms with Crippen LogP contribution in [0.4, 0.5) is 4.79 Å². The molecule has 2 aromatic carbocycles. The maximum atomic E-state index is 14.3. The van der Waals surface area contributed by atoms with Gasteiger partial charge < -0.3 is 29.7 Å². The number of nitrogens with one attached hydrogen (secondary N) is 2. The Morgan fingerprint density at radius 1 is 1.07 bits per heavy atom. The molecule has 3 atom stereocenters. The average Bonchev–Trinajstić information content (AvgIpc) is 3.38. The third-order valence-corrected chi connectivity index (χ3v) is 8.58. The summed E-state index contributed by atoms with van der Waals surface area (Å²) in [5.74, 6) is -0.206. The van der Waals surface area contributed by atoms with Crippen molar-refractivity contribution in [1.29, 1.82) is 0 Å². The summed E-state index contributed by atoms with van der Waals surface area (Å²) in [4.78, 5) is 41.9.